The van der Waals surface area contributed by atoms with Crippen molar-refractivity contribution in [1.29, 1.82) is 0 Å². The maximum atomic E-state index is 13.9. The summed E-state index contributed by atoms with van der Waals surface area (Å²) in [4.78, 5) is 28.6. The SMILES string of the molecule is Cc1cccc(CN(C(=O)CN(c2ccc(I)cc2)S(=O)(=O)c2ccccc2)C(C)C(=O)NC(C)(C)C)c1. The average molecular weight is 648 g/mol. The molecule has 0 heterocycles. The average Bonchev–Trinajstić information content (AvgIpc) is 2.85. The van der Waals surface area contributed by atoms with E-state index in [9.17, 15) is 18.0 Å². The molecule has 0 spiro atoms. The second-order valence-electron chi connectivity index (χ2n) is 10.2. The normalized spacial score (nSPS) is 12.5. The Bertz CT molecular complexity index is 1370. The van der Waals surface area contributed by atoms with Crippen LogP contribution < -0.4 is 9.62 Å². The van der Waals surface area contributed by atoms with Gasteiger partial charge in [0.2, 0.25) is 11.8 Å². The number of halogens is 1. The van der Waals surface area contributed by atoms with Crippen LogP contribution in [-0.4, -0.2) is 43.3 Å². The fraction of sp³-hybridized carbons (Fsp3) is 0.310. The summed E-state index contributed by atoms with van der Waals surface area (Å²) in [7, 11) is -4.07. The first-order valence-corrected chi connectivity index (χ1v) is 14.8. The minimum atomic E-state index is -4.07. The number of carbonyl (C=O) groups is 2. The van der Waals surface area contributed by atoms with E-state index in [0.29, 0.717) is 5.69 Å². The number of amides is 2. The van der Waals surface area contributed by atoms with Gasteiger partial charge in [0.05, 0.1) is 10.6 Å². The molecule has 0 aliphatic carbocycles. The Morgan fingerprint density at radius 2 is 1.58 bits per heavy atom. The molecule has 0 bridgehead atoms. The van der Waals surface area contributed by atoms with E-state index in [1.807, 2.05) is 52.0 Å². The van der Waals surface area contributed by atoms with Crippen molar-refractivity contribution < 1.29 is 18.0 Å². The van der Waals surface area contributed by atoms with Gasteiger partial charge in [0, 0.05) is 15.7 Å². The second kappa shape index (κ2) is 12.3. The van der Waals surface area contributed by atoms with E-state index in [-0.39, 0.29) is 17.3 Å². The van der Waals surface area contributed by atoms with E-state index in [1.165, 1.54) is 17.0 Å². The Hall–Kier alpha value is -2.92. The minimum Gasteiger partial charge on any atom is -0.350 e. The predicted molar refractivity (Wildman–Crippen MR) is 159 cm³/mol. The monoisotopic (exact) mass is 647 g/mol. The molecule has 0 fully saturated rings. The Morgan fingerprint density at radius 1 is 0.947 bits per heavy atom. The van der Waals surface area contributed by atoms with E-state index < -0.39 is 34.1 Å². The van der Waals surface area contributed by atoms with Crippen molar-refractivity contribution in [2.24, 2.45) is 0 Å². The second-order valence-corrected chi connectivity index (χ2v) is 13.3. The molecular weight excluding hydrogens is 613 g/mol. The summed E-state index contributed by atoms with van der Waals surface area (Å²) in [6, 6.07) is 21.8. The number of carbonyl (C=O) groups excluding carboxylic acids is 2. The third-order valence-corrected chi connectivity index (χ3v) is 8.33. The highest BCUT2D eigenvalue weighted by Crippen LogP contribution is 2.25. The standard InChI is InChI=1S/C29H34IN3O4S/c1-21-10-9-11-23(18-21)19-32(22(2)28(35)31-29(3,4)5)27(34)20-33(25-16-14-24(30)15-17-25)38(36,37)26-12-7-6-8-13-26/h6-18,22H,19-20H2,1-5H3,(H,31,35). The number of nitrogens with zero attached hydrogens (tertiary/aromatic N) is 2. The van der Waals surface area contributed by atoms with Crippen LogP contribution in [0.15, 0.2) is 83.8 Å². The highest BCUT2D eigenvalue weighted by molar-refractivity contribution is 14.1. The van der Waals surface area contributed by atoms with Crippen molar-refractivity contribution in [3.63, 3.8) is 0 Å². The van der Waals surface area contributed by atoms with Crippen LogP contribution in [0.3, 0.4) is 0 Å². The van der Waals surface area contributed by atoms with Crippen LogP contribution in [0.25, 0.3) is 0 Å². The molecule has 0 aliphatic rings. The number of nitrogens with one attached hydrogen (secondary N) is 1. The molecule has 1 atom stereocenters. The van der Waals surface area contributed by atoms with Crippen LogP contribution in [0, 0.1) is 10.5 Å². The number of rotatable bonds is 9. The number of benzene rings is 3. The summed E-state index contributed by atoms with van der Waals surface area (Å²) >= 11 is 2.14. The van der Waals surface area contributed by atoms with Crippen molar-refractivity contribution in [3.05, 3.63) is 93.6 Å². The van der Waals surface area contributed by atoms with Crippen molar-refractivity contribution >= 4 is 50.1 Å². The van der Waals surface area contributed by atoms with Gasteiger partial charge in [-0.15, -0.1) is 0 Å². The summed E-state index contributed by atoms with van der Waals surface area (Å²) in [5.41, 5.74) is 1.74. The van der Waals surface area contributed by atoms with Gasteiger partial charge in [-0.2, -0.15) is 0 Å². The van der Waals surface area contributed by atoms with E-state index >= 15 is 0 Å². The zero-order chi connectivity index (χ0) is 28.1. The molecule has 0 aliphatic heterocycles. The third kappa shape index (κ3) is 7.80. The summed E-state index contributed by atoms with van der Waals surface area (Å²) in [6.45, 7) is 8.92. The van der Waals surface area contributed by atoms with Gasteiger partial charge >= 0.3 is 0 Å². The topological polar surface area (TPSA) is 86.8 Å². The fourth-order valence-corrected chi connectivity index (χ4v) is 5.71. The van der Waals surface area contributed by atoms with Gasteiger partial charge in [0.1, 0.15) is 12.6 Å². The van der Waals surface area contributed by atoms with Crippen LogP contribution in [0.2, 0.25) is 0 Å². The molecule has 3 aromatic carbocycles. The maximum absolute atomic E-state index is 13.9. The number of aryl methyl sites for hydroxylation is 1. The van der Waals surface area contributed by atoms with Gasteiger partial charge in [-0.05, 0) is 99.2 Å². The number of hydrogen-bond acceptors (Lipinski definition) is 4. The van der Waals surface area contributed by atoms with Gasteiger partial charge in [-0.25, -0.2) is 8.42 Å². The molecule has 0 aromatic heterocycles. The highest BCUT2D eigenvalue weighted by Gasteiger charge is 2.33. The first-order valence-electron chi connectivity index (χ1n) is 12.3. The van der Waals surface area contributed by atoms with Gasteiger partial charge in [0.15, 0.2) is 0 Å². The Kier molecular flexibility index (Phi) is 9.59. The Labute approximate surface area is 239 Å². The van der Waals surface area contributed by atoms with Gasteiger partial charge in [0.25, 0.3) is 10.0 Å². The van der Waals surface area contributed by atoms with Crippen molar-refractivity contribution in [2.45, 2.75) is 57.6 Å². The molecule has 2 amide bonds. The van der Waals surface area contributed by atoms with E-state index in [0.717, 1.165) is 19.0 Å². The lowest BCUT2D eigenvalue weighted by molar-refractivity contribution is -0.140. The highest BCUT2D eigenvalue weighted by atomic mass is 127. The summed E-state index contributed by atoms with van der Waals surface area (Å²) in [6.07, 6.45) is 0. The smallest absolute Gasteiger partial charge is 0.264 e. The van der Waals surface area contributed by atoms with Crippen molar-refractivity contribution in [1.82, 2.24) is 10.2 Å². The van der Waals surface area contributed by atoms with E-state index in [4.69, 9.17) is 0 Å². The number of hydrogen-bond donors (Lipinski definition) is 1. The van der Waals surface area contributed by atoms with Crippen LogP contribution in [-0.2, 0) is 26.2 Å². The summed E-state index contributed by atoms with van der Waals surface area (Å²) in [5.74, 6) is -0.800. The number of sulfonamides is 1. The zero-order valence-electron chi connectivity index (χ0n) is 22.3. The molecule has 3 rings (SSSR count). The molecule has 0 saturated heterocycles. The molecule has 38 heavy (non-hydrogen) atoms. The van der Waals surface area contributed by atoms with Crippen LogP contribution >= 0.6 is 22.6 Å². The predicted octanol–water partition coefficient (Wildman–Crippen LogP) is 5.13. The maximum Gasteiger partial charge on any atom is 0.264 e. The van der Waals surface area contributed by atoms with Crippen LogP contribution in [0.5, 0.6) is 0 Å². The Morgan fingerprint density at radius 3 is 2.16 bits per heavy atom. The minimum absolute atomic E-state index is 0.0788. The molecule has 9 heteroatoms. The molecule has 1 unspecified atom stereocenters. The lowest BCUT2D eigenvalue weighted by Crippen LogP contribution is -2.54. The first kappa shape index (κ1) is 29.6. The van der Waals surface area contributed by atoms with Crippen molar-refractivity contribution in [2.75, 3.05) is 10.8 Å². The molecule has 202 valence electrons. The summed E-state index contributed by atoms with van der Waals surface area (Å²) < 4.78 is 29.5. The quantitative estimate of drug-likeness (QED) is 0.327. The van der Waals surface area contributed by atoms with Gasteiger partial charge in [-0.1, -0.05) is 48.0 Å². The number of anilines is 1. The largest absolute Gasteiger partial charge is 0.350 e. The molecule has 0 radical (unpaired) electrons. The molecule has 0 saturated carbocycles. The molecule has 1 N–H and O–H groups in total. The Balaban J connectivity index is 2.02. The molecule has 7 nitrogen and oxygen atoms in total. The third-order valence-electron chi connectivity index (χ3n) is 5.83. The van der Waals surface area contributed by atoms with Crippen LogP contribution in [0.4, 0.5) is 5.69 Å². The lowest BCUT2D eigenvalue weighted by atomic mass is 10.1. The van der Waals surface area contributed by atoms with E-state index in [1.54, 1.807) is 49.4 Å². The fourth-order valence-electron chi connectivity index (χ4n) is 3.92. The van der Waals surface area contributed by atoms with Crippen LogP contribution in [0.1, 0.15) is 38.8 Å². The zero-order valence-corrected chi connectivity index (χ0v) is 25.3. The van der Waals surface area contributed by atoms with E-state index in [2.05, 4.69) is 27.9 Å². The van der Waals surface area contributed by atoms with Gasteiger partial charge in [-0.3, -0.25) is 13.9 Å². The van der Waals surface area contributed by atoms with Crippen molar-refractivity contribution in [3.8, 4) is 0 Å². The van der Waals surface area contributed by atoms with Gasteiger partial charge < -0.3 is 10.2 Å². The summed E-state index contributed by atoms with van der Waals surface area (Å²) in [5, 5.41) is 2.93. The first-order chi connectivity index (χ1) is 17.8. The lowest BCUT2D eigenvalue weighted by Gasteiger charge is -2.33. The molecule has 3 aromatic rings. The molecular formula is C29H34IN3O4S.